The highest BCUT2D eigenvalue weighted by molar-refractivity contribution is 5.98. The van der Waals surface area contributed by atoms with Gasteiger partial charge in [-0.25, -0.2) is 9.78 Å². The summed E-state index contributed by atoms with van der Waals surface area (Å²) in [5.74, 6) is 3.14. The van der Waals surface area contributed by atoms with E-state index in [1.807, 2.05) is 23.2 Å². The molecule has 0 spiro atoms. The number of anilines is 4. The lowest BCUT2D eigenvalue weighted by Crippen LogP contribution is -2.63. The second kappa shape index (κ2) is 9.64. The van der Waals surface area contributed by atoms with Gasteiger partial charge in [-0.05, 0) is 98.3 Å². The Hall–Kier alpha value is -2.80. The summed E-state index contributed by atoms with van der Waals surface area (Å²) in [6.45, 7) is 10.6. The normalized spacial score (nSPS) is 31.9. The smallest absolute Gasteiger partial charge is 0.322 e. The number of piperidine rings is 1. The number of hydrogen-bond donors (Lipinski definition) is 2. The van der Waals surface area contributed by atoms with Crippen molar-refractivity contribution in [1.82, 2.24) is 10.3 Å². The predicted octanol–water partition coefficient (Wildman–Crippen LogP) is 5.95. The van der Waals surface area contributed by atoms with Gasteiger partial charge in [0.1, 0.15) is 5.82 Å². The van der Waals surface area contributed by atoms with Gasteiger partial charge in [0.05, 0.1) is 28.9 Å². The van der Waals surface area contributed by atoms with Crippen LogP contribution in [0.25, 0.3) is 0 Å². The number of amides is 2. The number of para-hydroxylation sites is 2. The van der Waals surface area contributed by atoms with E-state index in [2.05, 4.69) is 60.2 Å². The molecule has 2 N–H and O–H groups in total. The highest BCUT2D eigenvalue weighted by atomic mass is 16.3. The van der Waals surface area contributed by atoms with Crippen molar-refractivity contribution in [3.63, 3.8) is 0 Å². The number of carbonyl (C=O) groups is 1. The molecule has 4 aliphatic carbocycles. The van der Waals surface area contributed by atoms with Crippen molar-refractivity contribution in [2.45, 2.75) is 77.4 Å². The van der Waals surface area contributed by atoms with Crippen molar-refractivity contribution >= 4 is 28.9 Å². The van der Waals surface area contributed by atoms with Gasteiger partial charge in [-0.2, -0.15) is 0 Å². The molecular formula is C33H45N5O2. The summed E-state index contributed by atoms with van der Waals surface area (Å²) >= 11 is 0. The minimum Gasteiger partial charge on any atom is -0.390 e. The lowest BCUT2D eigenvalue weighted by atomic mass is 9.52. The van der Waals surface area contributed by atoms with Crippen LogP contribution in [0.4, 0.5) is 27.7 Å². The summed E-state index contributed by atoms with van der Waals surface area (Å²) in [5, 5.41) is 14.4. The number of aliphatic hydroxyl groups is 1. The van der Waals surface area contributed by atoms with Crippen LogP contribution in [-0.2, 0) is 0 Å². The Labute approximate surface area is 238 Å². The quantitative estimate of drug-likeness (QED) is 0.501. The molecule has 7 heteroatoms. The van der Waals surface area contributed by atoms with E-state index in [4.69, 9.17) is 4.98 Å². The molecule has 5 atom stereocenters. The molecule has 2 aromatic rings. The first-order valence-corrected chi connectivity index (χ1v) is 15.5. The molecule has 5 fully saturated rings. The van der Waals surface area contributed by atoms with E-state index in [-0.39, 0.29) is 12.1 Å². The Bertz CT molecular complexity index is 1230. The Morgan fingerprint density at radius 3 is 2.27 bits per heavy atom. The van der Waals surface area contributed by atoms with Gasteiger partial charge in [0, 0.05) is 32.2 Å². The second-order valence-electron chi connectivity index (χ2n) is 14.5. The van der Waals surface area contributed by atoms with Crippen molar-refractivity contribution in [1.29, 1.82) is 0 Å². The first-order chi connectivity index (χ1) is 19.2. The van der Waals surface area contributed by atoms with E-state index in [1.54, 1.807) is 0 Å². The molecule has 1 aromatic carbocycles. The molecule has 6 aliphatic rings. The fourth-order valence-corrected chi connectivity index (χ4v) is 8.98. The molecule has 0 radical (unpaired) electrons. The molecule has 214 valence electrons. The van der Waals surface area contributed by atoms with E-state index < -0.39 is 5.60 Å². The summed E-state index contributed by atoms with van der Waals surface area (Å²) in [5.41, 5.74) is 3.04. The zero-order chi connectivity index (χ0) is 27.6. The zero-order valence-corrected chi connectivity index (χ0v) is 24.4. The molecule has 4 bridgehead atoms. The van der Waals surface area contributed by atoms with Crippen molar-refractivity contribution in [3.8, 4) is 0 Å². The lowest BCUT2D eigenvalue weighted by molar-refractivity contribution is -0.136. The van der Waals surface area contributed by atoms with Gasteiger partial charge < -0.3 is 20.2 Å². The number of hydrogen-bond acceptors (Lipinski definition) is 5. The van der Waals surface area contributed by atoms with E-state index in [1.165, 1.54) is 18.5 Å². The number of pyridine rings is 1. The average molecular weight is 544 g/mol. The topological polar surface area (TPSA) is 71.9 Å². The van der Waals surface area contributed by atoms with Crippen LogP contribution in [0.2, 0.25) is 0 Å². The van der Waals surface area contributed by atoms with Crippen molar-refractivity contribution in [2.24, 2.45) is 29.1 Å². The SMILES string of the molecule is CC(C)(C)C1CCN(c2ccc(N3CCN(C(=O)NC4[C@@H]5CC6C[C@H]4CC(O)(C6)C5)c4ccccc43)nc2)CC1. The van der Waals surface area contributed by atoms with E-state index in [0.717, 1.165) is 68.3 Å². The minimum atomic E-state index is -0.485. The summed E-state index contributed by atoms with van der Waals surface area (Å²) < 4.78 is 0. The van der Waals surface area contributed by atoms with Crippen LogP contribution in [0, 0.1) is 29.1 Å². The number of nitrogens with zero attached hydrogens (tertiary/aromatic N) is 4. The highest BCUT2D eigenvalue weighted by Crippen LogP contribution is 2.55. The van der Waals surface area contributed by atoms with Gasteiger partial charge in [-0.3, -0.25) is 4.90 Å². The van der Waals surface area contributed by atoms with E-state index >= 15 is 0 Å². The fraction of sp³-hybridized carbons (Fsp3) is 0.636. The monoisotopic (exact) mass is 543 g/mol. The molecule has 7 nitrogen and oxygen atoms in total. The third-order valence-electron chi connectivity index (χ3n) is 10.9. The third-order valence-corrected chi connectivity index (χ3v) is 10.9. The first kappa shape index (κ1) is 26.1. The number of nitrogens with one attached hydrogen (secondary N) is 1. The Morgan fingerprint density at radius 1 is 0.950 bits per heavy atom. The van der Waals surface area contributed by atoms with Crippen LogP contribution >= 0.6 is 0 Å². The molecule has 40 heavy (non-hydrogen) atoms. The summed E-state index contributed by atoms with van der Waals surface area (Å²) in [6.07, 6.45) is 9.40. The number of urea groups is 1. The van der Waals surface area contributed by atoms with Gasteiger partial charge in [0.2, 0.25) is 0 Å². The predicted molar refractivity (Wildman–Crippen MR) is 160 cm³/mol. The first-order valence-electron chi connectivity index (χ1n) is 15.5. The Kier molecular flexibility index (Phi) is 6.30. The molecule has 1 aromatic heterocycles. The average Bonchev–Trinajstić information content (AvgIpc) is 2.93. The maximum absolute atomic E-state index is 13.7. The van der Waals surface area contributed by atoms with Gasteiger partial charge in [-0.1, -0.05) is 32.9 Å². The molecule has 3 heterocycles. The van der Waals surface area contributed by atoms with Crippen molar-refractivity contribution in [3.05, 3.63) is 42.6 Å². The fourth-order valence-electron chi connectivity index (χ4n) is 8.98. The molecular weight excluding hydrogens is 498 g/mol. The van der Waals surface area contributed by atoms with Crippen LogP contribution in [0.3, 0.4) is 0 Å². The summed E-state index contributed by atoms with van der Waals surface area (Å²) in [7, 11) is 0. The number of carbonyl (C=O) groups excluding carboxylic acids is 1. The summed E-state index contributed by atoms with van der Waals surface area (Å²) in [4.78, 5) is 25.2. The van der Waals surface area contributed by atoms with E-state index in [0.29, 0.717) is 36.3 Å². The minimum absolute atomic E-state index is 0.00136. The number of rotatable bonds is 3. The van der Waals surface area contributed by atoms with Gasteiger partial charge in [-0.15, -0.1) is 0 Å². The molecule has 1 saturated heterocycles. The third kappa shape index (κ3) is 4.64. The molecule has 8 rings (SSSR count). The van der Waals surface area contributed by atoms with Gasteiger partial charge in [0.15, 0.2) is 0 Å². The van der Waals surface area contributed by atoms with Crippen LogP contribution in [0.1, 0.15) is 65.7 Å². The van der Waals surface area contributed by atoms with Crippen molar-refractivity contribution in [2.75, 3.05) is 40.9 Å². The van der Waals surface area contributed by atoms with Crippen LogP contribution in [-0.4, -0.2) is 53.9 Å². The second-order valence-corrected chi connectivity index (χ2v) is 14.5. The standard InChI is InChI=1S/C33H45N5O2/c1-32(2,3)25-10-12-36(13-11-25)26-8-9-29(34-21-26)37-14-15-38(28-7-5-4-6-27(28)37)31(39)35-30-23-16-22-17-24(30)20-33(40,18-22)19-23/h4-9,21-25,30,40H,10-20H2,1-3H3,(H,35,39)/t22?,23-,24+,30?,33?. The Balaban J connectivity index is 1.04. The molecule has 3 unspecified atom stereocenters. The van der Waals surface area contributed by atoms with Crippen molar-refractivity contribution < 1.29 is 9.90 Å². The number of aromatic nitrogens is 1. The maximum Gasteiger partial charge on any atom is 0.322 e. The maximum atomic E-state index is 13.7. The summed E-state index contributed by atoms with van der Waals surface area (Å²) in [6, 6.07) is 12.7. The van der Waals surface area contributed by atoms with Gasteiger partial charge in [0.25, 0.3) is 0 Å². The number of fused-ring (bicyclic) bond motifs is 1. The van der Waals surface area contributed by atoms with Gasteiger partial charge >= 0.3 is 6.03 Å². The highest BCUT2D eigenvalue weighted by Gasteiger charge is 2.55. The number of benzene rings is 1. The zero-order valence-electron chi connectivity index (χ0n) is 24.4. The molecule has 2 amide bonds. The van der Waals surface area contributed by atoms with Crippen LogP contribution in [0.5, 0.6) is 0 Å². The lowest BCUT2D eigenvalue weighted by Gasteiger charge is -2.58. The van der Waals surface area contributed by atoms with E-state index in [9.17, 15) is 9.90 Å². The molecule has 4 saturated carbocycles. The Morgan fingerprint density at radius 2 is 1.65 bits per heavy atom. The van der Waals surface area contributed by atoms with Crippen LogP contribution in [0.15, 0.2) is 42.6 Å². The largest absolute Gasteiger partial charge is 0.390 e. The van der Waals surface area contributed by atoms with Crippen LogP contribution < -0.4 is 20.0 Å². The molecule has 2 aliphatic heterocycles.